The molecule has 2 saturated heterocycles. The van der Waals surface area contributed by atoms with E-state index < -0.39 is 25.4 Å². The van der Waals surface area contributed by atoms with Crippen LogP contribution < -0.4 is 5.32 Å². The molecule has 34 heavy (non-hydrogen) atoms. The number of amides is 4. The Kier molecular flexibility index (Phi) is 7.31. The zero-order valence-electron chi connectivity index (χ0n) is 20.2. The molecule has 4 amide bonds. The summed E-state index contributed by atoms with van der Waals surface area (Å²) in [6.45, 7) is 11.1. The average molecular weight is 493 g/mol. The van der Waals surface area contributed by atoms with E-state index in [0.717, 1.165) is 0 Å². The topological polar surface area (TPSA) is 131 Å². The lowest BCUT2D eigenvalue weighted by Gasteiger charge is -2.38. The van der Waals surface area contributed by atoms with E-state index in [1.54, 1.807) is 4.90 Å². The number of hydrogen-bond donors (Lipinski definition) is 1. The van der Waals surface area contributed by atoms with E-state index in [0.29, 0.717) is 18.5 Å². The van der Waals surface area contributed by atoms with Gasteiger partial charge >= 0.3 is 12.1 Å². The number of likely N-dealkylation sites (tertiary alicyclic amines) is 1. The summed E-state index contributed by atoms with van der Waals surface area (Å²) in [4.78, 5) is 49.9. The molecule has 2 aliphatic heterocycles. The molecule has 0 bridgehead atoms. The lowest BCUT2D eigenvalue weighted by molar-refractivity contribution is -0.384. The van der Waals surface area contributed by atoms with Gasteiger partial charge in [-0.15, -0.1) is 0 Å². The predicted molar refractivity (Wildman–Crippen MR) is 126 cm³/mol. The molecule has 0 aliphatic carbocycles. The standard InChI is InChI=1S/C22H32N4O7Si/c1-22(2,3)34(4,5)33-18-10-17(11-24-13-19(27)23-20(24)28)25(12-18)21(29)32-14-15-6-8-16(9-7-15)26(30)31/h6-9,17-18H,10-14H2,1-5H3,(H,23,27,28). The molecule has 3 rings (SSSR count). The number of nitrogens with zero attached hydrogens (tertiary/aromatic N) is 3. The lowest BCUT2D eigenvalue weighted by atomic mass is 10.2. The molecule has 1 aromatic carbocycles. The summed E-state index contributed by atoms with van der Waals surface area (Å²) in [6, 6.07) is 4.95. The van der Waals surface area contributed by atoms with E-state index in [2.05, 4.69) is 39.2 Å². The number of hydrogen-bond acceptors (Lipinski definition) is 7. The molecular weight excluding hydrogens is 460 g/mol. The molecule has 0 radical (unpaired) electrons. The van der Waals surface area contributed by atoms with Crippen molar-refractivity contribution in [2.75, 3.05) is 19.6 Å². The minimum atomic E-state index is -2.10. The highest BCUT2D eigenvalue weighted by Gasteiger charge is 2.45. The number of imide groups is 1. The molecule has 2 heterocycles. The molecular formula is C22H32N4O7Si. The highest BCUT2D eigenvalue weighted by molar-refractivity contribution is 6.74. The minimum absolute atomic E-state index is 0.00635. The monoisotopic (exact) mass is 492 g/mol. The van der Waals surface area contributed by atoms with Gasteiger partial charge in [0.15, 0.2) is 8.32 Å². The number of carbonyl (C=O) groups is 3. The van der Waals surface area contributed by atoms with Crippen LogP contribution in [0, 0.1) is 10.1 Å². The number of rotatable bonds is 7. The Morgan fingerprint density at radius 1 is 1.24 bits per heavy atom. The summed E-state index contributed by atoms with van der Waals surface area (Å²) in [7, 11) is -2.10. The van der Waals surface area contributed by atoms with Crippen molar-refractivity contribution in [3.05, 3.63) is 39.9 Å². The van der Waals surface area contributed by atoms with Crippen molar-refractivity contribution in [2.45, 2.75) is 64.1 Å². The fourth-order valence-corrected chi connectivity index (χ4v) is 5.13. The number of benzene rings is 1. The van der Waals surface area contributed by atoms with Crippen LogP contribution in [0.2, 0.25) is 18.1 Å². The van der Waals surface area contributed by atoms with Crippen LogP contribution in [-0.2, 0) is 20.6 Å². The molecule has 2 aliphatic rings. The van der Waals surface area contributed by atoms with Gasteiger partial charge in [0.05, 0.1) is 17.1 Å². The van der Waals surface area contributed by atoms with Gasteiger partial charge in [-0.2, -0.15) is 0 Å². The molecule has 0 aromatic heterocycles. The van der Waals surface area contributed by atoms with Crippen LogP contribution in [0.15, 0.2) is 24.3 Å². The number of urea groups is 1. The highest BCUT2D eigenvalue weighted by atomic mass is 28.4. The van der Waals surface area contributed by atoms with E-state index in [1.165, 1.54) is 29.2 Å². The van der Waals surface area contributed by atoms with Gasteiger partial charge in [-0.1, -0.05) is 20.8 Å². The van der Waals surface area contributed by atoms with Crippen LogP contribution in [0.25, 0.3) is 0 Å². The highest BCUT2D eigenvalue weighted by Crippen LogP contribution is 2.39. The number of non-ortho nitro benzene ring substituents is 1. The number of nitro benzene ring substituents is 1. The van der Waals surface area contributed by atoms with Crippen LogP contribution in [0.3, 0.4) is 0 Å². The van der Waals surface area contributed by atoms with Crippen molar-refractivity contribution < 1.29 is 28.5 Å². The van der Waals surface area contributed by atoms with Crippen molar-refractivity contribution >= 4 is 32.0 Å². The molecule has 2 unspecified atom stereocenters. The van der Waals surface area contributed by atoms with Crippen molar-refractivity contribution in [3.63, 3.8) is 0 Å². The number of carbonyl (C=O) groups excluding carboxylic acids is 3. The van der Waals surface area contributed by atoms with Gasteiger partial charge in [0.2, 0.25) is 5.91 Å². The van der Waals surface area contributed by atoms with Crippen molar-refractivity contribution in [2.24, 2.45) is 0 Å². The molecule has 1 aromatic rings. The third-order valence-electron chi connectivity index (χ3n) is 6.69. The largest absolute Gasteiger partial charge is 0.445 e. The summed E-state index contributed by atoms with van der Waals surface area (Å²) in [5, 5.41) is 13.1. The first-order chi connectivity index (χ1) is 15.8. The van der Waals surface area contributed by atoms with Crippen LogP contribution >= 0.6 is 0 Å². The van der Waals surface area contributed by atoms with E-state index in [1.807, 2.05) is 0 Å². The van der Waals surface area contributed by atoms with Crippen molar-refractivity contribution in [1.29, 1.82) is 0 Å². The molecule has 0 spiro atoms. The van der Waals surface area contributed by atoms with Gasteiger partial charge in [-0.3, -0.25) is 20.2 Å². The molecule has 186 valence electrons. The van der Waals surface area contributed by atoms with Crippen molar-refractivity contribution in [3.8, 4) is 0 Å². The van der Waals surface area contributed by atoms with E-state index in [4.69, 9.17) is 9.16 Å². The Balaban J connectivity index is 1.69. The third kappa shape index (κ3) is 5.92. The van der Waals surface area contributed by atoms with E-state index in [9.17, 15) is 24.5 Å². The predicted octanol–water partition coefficient (Wildman–Crippen LogP) is 3.25. The summed E-state index contributed by atoms with van der Waals surface area (Å²) >= 11 is 0. The Labute approximate surface area is 199 Å². The van der Waals surface area contributed by atoms with Gasteiger partial charge in [0, 0.05) is 25.2 Å². The minimum Gasteiger partial charge on any atom is -0.445 e. The SMILES string of the molecule is CC(C)(C)[Si](C)(C)OC1CC(CN2CC(=O)NC2=O)N(C(=O)OCc2ccc([N+](=O)[O-])cc2)C1. The molecule has 1 N–H and O–H groups in total. The Bertz CT molecular complexity index is 961. The molecule has 0 saturated carbocycles. The first-order valence-electron chi connectivity index (χ1n) is 11.2. The second kappa shape index (κ2) is 9.70. The van der Waals surface area contributed by atoms with Crippen LogP contribution in [0.4, 0.5) is 15.3 Å². The fourth-order valence-electron chi connectivity index (χ4n) is 3.78. The zero-order chi connectivity index (χ0) is 25.3. The number of nitro groups is 1. The maximum atomic E-state index is 13.0. The van der Waals surface area contributed by atoms with E-state index in [-0.39, 0.29) is 48.5 Å². The quantitative estimate of drug-likeness (QED) is 0.267. The van der Waals surface area contributed by atoms with E-state index >= 15 is 0 Å². The van der Waals surface area contributed by atoms with Crippen molar-refractivity contribution in [1.82, 2.24) is 15.1 Å². The lowest BCUT2D eigenvalue weighted by Crippen LogP contribution is -2.45. The third-order valence-corrected chi connectivity index (χ3v) is 11.2. The Hall–Kier alpha value is -2.99. The fraction of sp³-hybridized carbons (Fsp3) is 0.591. The molecule has 11 nitrogen and oxygen atoms in total. The zero-order valence-corrected chi connectivity index (χ0v) is 21.2. The van der Waals surface area contributed by atoms with Gasteiger partial charge < -0.3 is 19.0 Å². The molecule has 2 atom stereocenters. The molecule has 12 heteroatoms. The normalized spacial score (nSPS) is 21.1. The van der Waals surface area contributed by atoms with Crippen LogP contribution in [0.5, 0.6) is 0 Å². The summed E-state index contributed by atoms with van der Waals surface area (Å²) in [5.41, 5.74) is 0.576. The summed E-state index contributed by atoms with van der Waals surface area (Å²) in [6.07, 6.45) is -0.244. The number of nitrogens with one attached hydrogen (secondary N) is 1. The van der Waals surface area contributed by atoms with Crippen LogP contribution in [-0.4, -0.2) is 72.9 Å². The average Bonchev–Trinajstić information content (AvgIpc) is 3.27. The first kappa shape index (κ1) is 25.6. The van der Waals surface area contributed by atoms with Gasteiger partial charge in [0.1, 0.15) is 13.2 Å². The molecule has 2 fully saturated rings. The first-order valence-corrected chi connectivity index (χ1v) is 14.1. The second-order valence-electron chi connectivity index (χ2n) is 10.3. The van der Waals surface area contributed by atoms with Gasteiger partial charge in [-0.25, -0.2) is 9.59 Å². The Morgan fingerprint density at radius 2 is 1.88 bits per heavy atom. The number of ether oxygens (including phenoxy) is 1. The maximum absolute atomic E-state index is 13.0. The van der Waals surface area contributed by atoms with Crippen LogP contribution in [0.1, 0.15) is 32.8 Å². The summed E-state index contributed by atoms with van der Waals surface area (Å²) in [5.74, 6) is -0.371. The Morgan fingerprint density at radius 3 is 2.41 bits per heavy atom. The van der Waals surface area contributed by atoms with Gasteiger partial charge in [-0.05, 0) is 42.2 Å². The smallest absolute Gasteiger partial charge is 0.410 e. The van der Waals surface area contributed by atoms with Gasteiger partial charge in [0.25, 0.3) is 5.69 Å². The maximum Gasteiger partial charge on any atom is 0.410 e. The second-order valence-corrected chi connectivity index (χ2v) is 15.0. The summed E-state index contributed by atoms with van der Waals surface area (Å²) < 4.78 is 12.0.